The molecule has 86 valence electrons. The molecule has 2 N–H and O–H groups in total. The smallest absolute Gasteiger partial charge is 0.131 e. The topological polar surface area (TPSA) is 38.4 Å². The van der Waals surface area contributed by atoms with E-state index in [1.165, 1.54) is 0 Å². The van der Waals surface area contributed by atoms with Gasteiger partial charge in [-0.15, -0.1) is 0 Å². The van der Waals surface area contributed by atoms with Crippen molar-refractivity contribution in [3.8, 4) is 0 Å². The molecular weight excluding hydrogens is 232 g/mol. The van der Waals surface area contributed by atoms with Crippen LogP contribution in [-0.4, -0.2) is 5.84 Å². The molecule has 0 atom stereocenters. The van der Waals surface area contributed by atoms with Crippen molar-refractivity contribution < 1.29 is 0 Å². The molecule has 3 heteroatoms. The zero-order valence-corrected chi connectivity index (χ0v) is 10.3. The zero-order chi connectivity index (χ0) is 12.3. The van der Waals surface area contributed by atoms with Crippen molar-refractivity contribution in [2.45, 2.75) is 6.92 Å². The van der Waals surface area contributed by atoms with E-state index < -0.39 is 0 Å². The molecule has 0 unspecified atom stereocenters. The van der Waals surface area contributed by atoms with Gasteiger partial charge in [-0.2, -0.15) is 0 Å². The summed E-state index contributed by atoms with van der Waals surface area (Å²) >= 11 is 5.81. The normalized spacial score (nSPS) is 11.5. The van der Waals surface area contributed by atoms with Crippen molar-refractivity contribution >= 4 is 23.1 Å². The Kier molecular flexibility index (Phi) is 3.45. The number of aryl methyl sites for hydroxylation is 1. The van der Waals surface area contributed by atoms with E-state index in [9.17, 15) is 0 Å². The van der Waals surface area contributed by atoms with Gasteiger partial charge in [-0.25, -0.2) is 4.99 Å². The fraction of sp³-hybridized carbons (Fsp3) is 0.0714. The number of rotatable bonds is 2. The molecule has 0 fully saturated rings. The molecule has 0 aromatic heterocycles. The molecule has 17 heavy (non-hydrogen) atoms. The second-order valence-electron chi connectivity index (χ2n) is 3.84. The lowest BCUT2D eigenvalue weighted by Crippen LogP contribution is -2.12. The van der Waals surface area contributed by atoms with Gasteiger partial charge in [-0.3, -0.25) is 0 Å². The number of benzene rings is 2. The SMILES string of the molecule is Cc1cccc(C(N)=Nc2ccc(Cl)cc2)c1. The van der Waals surface area contributed by atoms with Crippen LogP contribution in [-0.2, 0) is 0 Å². The quantitative estimate of drug-likeness (QED) is 0.635. The molecular formula is C14H13ClN2. The van der Waals surface area contributed by atoms with Gasteiger partial charge >= 0.3 is 0 Å². The van der Waals surface area contributed by atoms with Gasteiger partial charge in [-0.1, -0.05) is 35.4 Å². The van der Waals surface area contributed by atoms with Gasteiger partial charge in [0.2, 0.25) is 0 Å². The molecule has 0 saturated carbocycles. The average Bonchev–Trinajstić information content (AvgIpc) is 2.32. The molecule has 0 bridgehead atoms. The Bertz CT molecular complexity index is 544. The number of amidine groups is 1. The number of nitrogens with two attached hydrogens (primary N) is 1. The summed E-state index contributed by atoms with van der Waals surface area (Å²) < 4.78 is 0. The van der Waals surface area contributed by atoms with Crippen LogP contribution >= 0.6 is 11.6 Å². The molecule has 0 aliphatic rings. The molecule has 0 spiro atoms. The molecule has 2 aromatic rings. The van der Waals surface area contributed by atoms with Gasteiger partial charge in [-0.05, 0) is 37.3 Å². The van der Waals surface area contributed by atoms with Crippen LogP contribution in [0.25, 0.3) is 0 Å². The van der Waals surface area contributed by atoms with Gasteiger partial charge < -0.3 is 5.73 Å². The molecule has 0 saturated heterocycles. The minimum Gasteiger partial charge on any atom is -0.383 e. The third-order valence-corrected chi connectivity index (χ3v) is 2.64. The monoisotopic (exact) mass is 244 g/mol. The summed E-state index contributed by atoms with van der Waals surface area (Å²) in [5.41, 5.74) is 8.84. The van der Waals surface area contributed by atoms with Gasteiger partial charge in [0.15, 0.2) is 0 Å². The molecule has 0 amide bonds. The van der Waals surface area contributed by atoms with E-state index in [1.807, 2.05) is 43.3 Å². The number of hydrogen-bond acceptors (Lipinski definition) is 1. The van der Waals surface area contributed by atoms with Gasteiger partial charge in [0.1, 0.15) is 5.84 Å². The van der Waals surface area contributed by atoms with Crippen LogP contribution in [0, 0.1) is 6.92 Å². The third kappa shape index (κ3) is 3.08. The molecule has 0 aliphatic carbocycles. The van der Waals surface area contributed by atoms with Crippen LogP contribution < -0.4 is 5.73 Å². The minimum absolute atomic E-state index is 0.510. The number of aliphatic imine (C=N–C) groups is 1. The predicted octanol–water partition coefficient (Wildman–Crippen LogP) is 3.69. The first kappa shape index (κ1) is 11.7. The standard InChI is InChI=1S/C14H13ClN2/c1-10-3-2-4-11(9-10)14(16)17-13-7-5-12(15)6-8-13/h2-9H,1H3,(H2,16,17). The Labute approximate surface area is 106 Å². The maximum absolute atomic E-state index is 5.95. The average molecular weight is 245 g/mol. The minimum atomic E-state index is 0.510. The van der Waals surface area contributed by atoms with Crippen molar-refractivity contribution in [1.82, 2.24) is 0 Å². The molecule has 2 rings (SSSR count). The maximum atomic E-state index is 5.95. The molecule has 2 aromatic carbocycles. The first-order valence-corrected chi connectivity index (χ1v) is 5.70. The lowest BCUT2D eigenvalue weighted by atomic mass is 10.1. The van der Waals surface area contributed by atoms with Gasteiger partial charge in [0, 0.05) is 10.6 Å². The van der Waals surface area contributed by atoms with Crippen molar-refractivity contribution in [2.24, 2.45) is 10.7 Å². The van der Waals surface area contributed by atoms with Crippen LogP contribution in [0.5, 0.6) is 0 Å². The lowest BCUT2D eigenvalue weighted by Gasteiger charge is -2.02. The highest BCUT2D eigenvalue weighted by atomic mass is 35.5. The van der Waals surface area contributed by atoms with Crippen LogP contribution in [0.2, 0.25) is 5.02 Å². The highest BCUT2D eigenvalue weighted by molar-refractivity contribution is 6.30. The summed E-state index contributed by atoms with van der Waals surface area (Å²) in [5.74, 6) is 0.510. The molecule has 0 heterocycles. The van der Waals surface area contributed by atoms with Crippen LogP contribution in [0.15, 0.2) is 53.5 Å². The van der Waals surface area contributed by atoms with E-state index in [-0.39, 0.29) is 0 Å². The number of hydrogen-bond donors (Lipinski definition) is 1. The van der Waals surface area contributed by atoms with Crippen LogP contribution in [0.4, 0.5) is 5.69 Å². The predicted molar refractivity (Wildman–Crippen MR) is 73.0 cm³/mol. The second kappa shape index (κ2) is 5.02. The van der Waals surface area contributed by atoms with Crippen molar-refractivity contribution in [3.63, 3.8) is 0 Å². The maximum Gasteiger partial charge on any atom is 0.131 e. The van der Waals surface area contributed by atoms with E-state index in [4.69, 9.17) is 17.3 Å². The Morgan fingerprint density at radius 1 is 1.12 bits per heavy atom. The molecule has 0 aliphatic heterocycles. The van der Waals surface area contributed by atoms with E-state index in [2.05, 4.69) is 4.99 Å². The lowest BCUT2D eigenvalue weighted by molar-refractivity contribution is 1.41. The van der Waals surface area contributed by atoms with E-state index in [0.29, 0.717) is 10.9 Å². The first-order chi connectivity index (χ1) is 8.15. The van der Waals surface area contributed by atoms with Gasteiger partial charge in [0.25, 0.3) is 0 Å². The Morgan fingerprint density at radius 3 is 2.47 bits per heavy atom. The number of nitrogens with zero attached hydrogens (tertiary/aromatic N) is 1. The Hall–Kier alpha value is -1.80. The van der Waals surface area contributed by atoms with Crippen molar-refractivity contribution in [1.29, 1.82) is 0 Å². The highest BCUT2D eigenvalue weighted by Crippen LogP contribution is 2.17. The summed E-state index contributed by atoms with van der Waals surface area (Å²) in [4.78, 5) is 4.35. The van der Waals surface area contributed by atoms with Gasteiger partial charge in [0.05, 0.1) is 5.69 Å². The summed E-state index contributed by atoms with van der Waals surface area (Å²) in [6.45, 7) is 2.03. The number of halogens is 1. The van der Waals surface area contributed by atoms with E-state index >= 15 is 0 Å². The van der Waals surface area contributed by atoms with Crippen molar-refractivity contribution in [3.05, 3.63) is 64.7 Å². The third-order valence-electron chi connectivity index (χ3n) is 2.39. The fourth-order valence-electron chi connectivity index (χ4n) is 1.52. The second-order valence-corrected chi connectivity index (χ2v) is 4.28. The molecule has 0 radical (unpaired) electrons. The largest absolute Gasteiger partial charge is 0.383 e. The zero-order valence-electron chi connectivity index (χ0n) is 9.52. The fourth-order valence-corrected chi connectivity index (χ4v) is 1.65. The summed E-state index contributed by atoms with van der Waals surface area (Å²) in [7, 11) is 0. The van der Waals surface area contributed by atoms with Crippen molar-refractivity contribution in [2.75, 3.05) is 0 Å². The van der Waals surface area contributed by atoms with Crippen LogP contribution in [0.3, 0.4) is 0 Å². The summed E-state index contributed by atoms with van der Waals surface area (Å²) in [6.07, 6.45) is 0. The van der Waals surface area contributed by atoms with E-state index in [0.717, 1.165) is 16.8 Å². The van der Waals surface area contributed by atoms with E-state index in [1.54, 1.807) is 12.1 Å². The summed E-state index contributed by atoms with van der Waals surface area (Å²) in [6, 6.07) is 15.2. The highest BCUT2D eigenvalue weighted by Gasteiger charge is 1.99. The first-order valence-electron chi connectivity index (χ1n) is 5.32. The molecule has 2 nitrogen and oxygen atoms in total. The Balaban J connectivity index is 2.30. The summed E-state index contributed by atoms with van der Waals surface area (Å²) in [5, 5.41) is 0.693. The Morgan fingerprint density at radius 2 is 1.82 bits per heavy atom. The van der Waals surface area contributed by atoms with Crippen LogP contribution in [0.1, 0.15) is 11.1 Å².